The minimum absolute atomic E-state index is 0.507. The summed E-state index contributed by atoms with van der Waals surface area (Å²) in [5.74, 6) is 2.18. The van der Waals surface area contributed by atoms with Crippen LogP contribution in [0.4, 0.5) is 0 Å². The van der Waals surface area contributed by atoms with E-state index in [0.29, 0.717) is 17.9 Å². The van der Waals surface area contributed by atoms with E-state index in [-0.39, 0.29) is 0 Å². The number of carbonyl (C=O) groups excluding carboxylic acids is 1. The van der Waals surface area contributed by atoms with Gasteiger partial charge >= 0.3 is 0 Å². The number of piperidine rings is 1. The van der Waals surface area contributed by atoms with Crippen LogP contribution in [-0.2, 0) is 4.79 Å². The molecule has 2 heteroatoms. The number of ketones is 1. The minimum Gasteiger partial charge on any atom is -0.310 e. The summed E-state index contributed by atoms with van der Waals surface area (Å²) < 4.78 is 0. The topological polar surface area (TPSA) is 29.1 Å². The van der Waals surface area contributed by atoms with Gasteiger partial charge in [-0.2, -0.15) is 0 Å². The summed E-state index contributed by atoms with van der Waals surface area (Å²) in [7, 11) is 0. The maximum atomic E-state index is 11.5. The summed E-state index contributed by atoms with van der Waals surface area (Å²) in [4.78, 5) is 11.5. The number of Topliss-reactive ketones (excluding diaryl/α,β-unsaturated/α-hetero) is 1. The van der Waals surface area contributed by atoms with Gasteiger partial charge in [0.25, 0.3) is 0 Å². The number of hydrogen-bond acceptors (Lipinski definition) is 2. The molecule has 3 rings (SSSR count). The molecule has 0 amide bonds. The van der Waals surface area contributed by atoms with Crippen molar-refractivity contribution in [2.45, 2.75) is 50.6 Å². The molecule has 2 atom stereocenters. The van der Waals surface area contributed by atoms with E-state index in [1.807, 2.05) is 0 Å². The lowest BCUT2D eigenvalue weighted by molar-refractivity contribution is -0.122. The van der Waals surface area contributed by atoms with E-state index >= 15 is 0 Å². The molecule has 0 radical (unpaired) electrons. The highest BCUT2D eigenvalue weighted by molar-refractivity contribution is 5.80. The Hall–Kier alpha value is -0.370. The summed E-state index contributed by atoms with van der Waals surface area (Å²) in [6.45, 7) is 0. The third kappa shape index (κ3) is 1.64. The Kier molecular flexibility index (Phi) is 1.72. The average Bonchev–Trinajstić information content (AvgIpc) is 2.98. The molecule has 13 heavy (non-hydrogen) atoms. The summed E-state index contributed by atoms with van der Waals surface area (Å²) >= 11 is 0. The van der Waals surface area contributed by atoms with Crippen molar-refractivity contribution < 1.29 is 4.79 Å². The molecular formula is C11H17NO. The summed E-state index contributed by atoms with van der Waals surface area (Å²) in [5, 5.41) is 3.69. The fraction of sp³-hybridized carbons (Fsp3) is 0.909. The van der Waals surface area contributed by atoms with E-state index in [1.165, 1.54) is 25.7 Å². The van der Waals surface area contributed by atoms with Gasteiger partial charge in [0.15, 0.2) is 0 Å². The van der Waals surface area contributed by atoms with Crippen LogP contribution >= 0.6 is 0 Å². The van der Waals surface area contributed by atoms with Crippen molar-refractivity contribution in [2.24, 2.45) is 11.8 Å². The van der Waals surface area contributed by atoms with E-state index in [1.54, 1.807) is 0 Å². The van der Waals surface area contributed by atoms with Crippen LogP contribution in [0.1, 0.15) is 38.5 Å². The molecule has 0 aromatic rings. The minimum atomic E-state index is 0.507. The van der Waals surface area contributed by atoms with Crippen LogP contribution in [0.25, 0.3) is 0 Å². The number of nitrogens with one attached hydrogen (secondary N) is 1. The fourth-order valence-electron chi connectivity index (χ4n) is 2.57. The van der Waals surface area contributed by atoms with Crippen molar-refractivity contribution in [3.8, 4) is 0 Å². The summed E-state index contributed by atoms with van der Waals surface area (Å²) in [6, 6.07) is 1.10. The van der Waals surface area contributed by atoms with Crippen molar-refractivity contribution >= 4 is 5.78 Å². The van der Waals surface area contributed by atoms with Crippen molar-refractivity contribution in [3.63, 3.8) is 0 Å². The number of rotatable bonds is 2. The number of hydrogen-bond donors (Lipinski definition) is 1. The SMILES string of the molecule is O=C1CC(C2CC2)NC(C2CC2)C1. The lowest BCUT2D eigenvalue weighted by atomic mass is 9.92. The van der Waals surface area contributed by atoms with Gasteiger partial charge in [-0.05, 0) is 37.5 Å². The molecule has 0 aromatic heterocycles. The van der Waals surface area contributed by atoms with Crippen molar-refractivity contribution in [3.05, 3.63) is 0 Å². The van der Waals surface area contributed by atoms with Crippen LogP contribution in [0.2, 0.25) is 0 Å². The van der Waals surface area contributed by atoms with Gasteiger partial charge in [0, 0.05) is 24.9 Å². The smallest absolute Gasteiger partial charge is 0.136 e. The molecule has 1 aliphatic heterocycles. The van der Waals surface area contributed by atoms with Gasteiger partial charge in [-0.1, -0.05) is 0 Å². The Balaban J connectivity index is 1.66. The molecule has 2 unspecified atom stereocenters. The normalized spacial score (nSPS) is 40.8. The summed E-state index contributed by atoms with van der Waals surface area (Å²) in [5.41, 5.74) is 0. The Morgan fingerprint density at radius 1 is 0.923 bits per heavy atom. The Bertz CT molecular complexity index is 208. The zero-order valence-electron chi connectivity index (χ0n) is 7.96. The van der Waals surface area contributed by atoms with Gasteiger partial charge < -0.3 is 5.32 Å². The van der Waals surface area contributed by atoms with Crippen LogP contribution < -0.4 is 5.32 Å². The Labute approximate surface area is 79.1 Å². The van der Waals surface area contributed by atoms with Crippen LogP contribution in [0.5, 0.6) is 0 Å². The first-order chi connectivity index (χ1) is 6.33. The third-order valence-corrected chi connectivity index (χ3v) is 3.71. The molecule has 3 aliphatic rings. The monoisotopic (exact) mass is 179 g/mol. The molecule has 2 nitrogen and oxygen atoms in total. The molecule has 3 fully saturated rings. The Morgan fingerprint density at radius 3 is 1.77 bits per heavy atom. The van der Waals surface area contributed by atoms with Gasteiger partial charge in [0.05, 0.1) is 0 Å². The third-order valence-electron chi connectivity index (χ3n) is 3.71. The van der Waals surface area contributed by atoms with Gasteiger partial charge in [0.1, 0.15) is 5.78 Å². The molecule has 1 heterocycles. The molecule has 0 spiro atoms. The van der Waals surface area contributed by atoms with Crippen molar-refractivity contribution in [1.82, 2.24) is 5.32 Å². The first-order valence-corrected chi connectivity index (χ1v) is 5.60. The highest BCUT2D eigenvalue weighted by atomic mass is 16.1. The van der Waals surface area contributed by atoms with Gasteiger partial charge in [-0.25, -0.2) is 0 Å². The van der Waals surface area contributed by atoms with E-state index < -0.39 is 0 Å². The lowest BCUT2D eigenvalue weighted by Crippen LogP contribution is -2.48. The molecule has 2 aliphatic carbocycles. The second-order valence-corrected chi connectivity index (χ2v) is 5.00. The Morgan fingerprint density at radius 2 is 1.38 bits per heavy atom. The standard InChI is InChI=1S/C11H17NO/c13-9-5-10(7-1-2-7)12-11(6-9)8-3-4-8/h7-8,10-12H,1-6H2. The van der Waals surface area contributed by atoms with E-state index in [9.17, 15) is 4.79 Å². The second-order valence-electron chi connectivity index (χ2n) is 5.00. The molecule has 0 bridgehead atoms. The quantitative estimate of drug-likeness (QED) is 0.696. The highest BCUT2D eigenvalue weighted by Gasteiger charge is 2.41. The predicted molar refractivity (Wildman–Crippen MR) is 50.4 cm³/mol. The molecular weight excluding hydrogens is 162 g/mol. The largest absolute Gasteiger partial charge is 0.310 e. The zero-order chi connectivity index (χ0) is 8.84. The lowest BCUT2D eigenvalue weighted by Gasteiger charge is -2.30. The van der Waals surface area contributed by atoms with Crippen LogP contribution in [0.3, 0.4) is 0 Å². The van der Waals surface area contributed by atoms with E-state index in [2.05, 4.69) is 5.32 Å². The van der Waals surface area contributed by atoms with E-state index in [4.69, 9.17) is 0 Å². The molecule has 1 N–H and O–H groups in total. The maximum absolute atomic E-state index is 11.5. The average molecular weight is 179 g/mol. The molecule has 2 saturated carbocycles. The predicted octanol–water partition coefficient (Wildman–Crippen LogP) is 1.50. The van der Waals surface area contributed by atoms with Crippen molar-refractivity contribution in [1.29, 1.82) is 0 Å². The van der Waals surface area contributed by atoms with Gasteiger partial charge in [-0.3, -0.25) is 4.79 Å². The van der Waals surface area contributed by atoms with Crippen molar-refractivity contribution in [2.75, 3.05) is 0 Å². The zero-order valence-corrected chi connectivity index (χ0v) is 7.96. The van der Waals surface area contributed by atoms with Crippen LogP contribution in [0.15, 0.2) is 0 Å². The molecule has 1 saturated heterocycles. The second kappa shape index (κ2) is 2.81. The number of carbonyl (C=O) groups is 1. The van der Waals surface area contributed by atoms with Gasteiger partial charge in [0.2, 0.25) is 0 Å². The van der Waals surface area contributed by atoms with Gasteiger partial charge in [-0.15, -0.1) is 0 Å². The highest BCUT2D eigenvalue weighted by Crippen LogP contribution is 2.40. The first kappa shape index (κ1) is 7.98. The fourth-order valence-corrected chi connectivity index (χ4v) is 2.57. The van der Waals surface area contributed by atoms with E-state index in [0.717, 1.165) is 24.7 Å². The first-order valence-electron chi connectivity index (χ1n) is 5.60. The maximum Gasteiger partial charge on any atom is 0.136 e. The molecule has 72 valence electrons. The van der Waals surface area contributed by atoms with Crippen LogP contribution in [0, 0.1) is 11.8 Å². The van der Waals surface area contributed by atoms with Crippen LogP contribution in [-0.4, -0.2) is 17.9 Å². The summed E-state index contributed by atoms with van der Waals surface area (Å²) in [6.07, 6.45) is 7.02. The molecule has 0 aromatic carbocycles.